The highest BCUT2D eigenvalue weighted by molar-refractivity contribution is 6.30. The van der Waals surface area contributed by atoms with Crippen LogP contribution in [0.5, 0.6) is 0 Å². The van der Waals surface area contributed by atoms with Gasteiger partial charge in [0.15, 0.2) is 17.0 Å². The molecule has 1 atom stereocenters. The highest BCUT2D eigenvalue weighted by Crippen LogP contribution is 2.24. The zero-order valence-electron chi connectivity index (χ0n) is 16.5. The summed E-state index contributed by atoms with van der Waals surface area (Å²) in [5.41, 5.74) is 8.02. The monoisotopic (exact) mass is 403 g/mol. The van der Waals surface area contributed by atoms with Crippen molar-refractivity contribution in [3.05, 3.63) is 35.1 Å². The molecule has 9 heteroatoms. The molecule has 28 heavy (non-hydrogen) atoms. The molecule has 0 spiro atoms. The molecule has 0 fully saturated rings. The van der Waals surface area contributed by atoms with E-state index in [0.29, 0.717) is 40.2 Å². The van der Waals surface area contributed by atoms with E-state index in [-0.39, 0.29) is 6.04 Å². The van der Waals surface area contributed by atoms with E-state index in [1.54, 1.807) is 32.3 Å². The van der Waals surface area contributed by atoms with Crippen molar-refractivity contribution in [2.75, 3.05) is 16.4 Å². The van der Waals surface area contributed by atoms with Gasteiger partial charge in [0.25, 0.3) is 0 Å². The predicted octanol–water partition coefficient (Wildman–Crippen LogP) is 3.27. The number of imidazole rings is 1. The first-order valence-electron chi connectivity index (χ1n) is 9.18. The van der Waals surface area contributed by atoms with Gasteiger partial charge < -0.3 is 26.0 Å². The van der Waals surface area contributed by atoms with Gasteiger partial charge in [0.05, 0.1) is 18.0 Å². The number of hydrogen-bond acceptors (Lipinski definition) is 7. The number of nitrogens with two attached hydrogens (primary N) is 1. The number of rotatable bonds is 7. The SMILES string of the molecule is CCn1cnc2c(NCc3cc(Cl)ccc3N)nc(NC(C)C(C)(C)O)nc21. The van der Waals surface area contributed by atoms with Crippen molar-refractivity contribution in [3.8, 4) is 0 Å². The molecular formula is C19H26ClN7O. The minimum Gasteiger partial charge on any atom is -0.398 e. The highest BCUT2D eigenvalue weighted by atomic mass is 35.5. The second kappa shape index (κ2) is 7.81. The Bertz CT molecular complexity index is 980. The van der Waals surface area contributed by atoms with Crippen LogP contribution < -0.4 is 16.4 Å². The summed E-state index contributed by atoms with van der Waals surface area (Å²) in [5.74, 6) is 1.00. The number of hydrogen-bond donors (Lipinski definition) is 4. The molecule has 0 saturated heterocycles. The van der Waals surface area contributed by atoms with Gasteiger partial charge >= 0.3 is 0 Å². The Morgan fingerprint density at radius 1 is 1.32 bits per heavy atom. The summed E-state index contributed by atoms with van der Waals surface area (Å²) in [6, 6.07) is 5.10. The van der Waals surface area contributed by atoms with E-state index in [9.17, 15) is 5.11 Å². The van der Waals surface area contributed by atoms with Crippen LogP contribution in [0, 0.1) is 0 Å². The molecule has 0 aliphatic rings. The smallest absolute Gasteiger partial charge is 0.227 e. The summed E-state index contributed by atoms with van der Waals surface area (Å²) in [5, 5.41) is 17.3. The van der Waals surface area contributed by atoms with Crippen molar-refractivity contribution in [2.24, 2.45) is 0 Å². The van der Waals surface area contributed by atoms with E-state index >= 15 is 0 Å². The first kappa shape index (κ1) is 20.2. The van der Waals surface area contributed by atoms with E-state index in [1.165, 1.54) is 0 Å². The van der Waals surface area contributed by atoms with Gasteiger partial charge in [-0.2, -0.15) is 9.97 Å². The minimum absolute atomic E-state index is 0.251. The zero-order valence-corrected chi connectivity index (χ0v) is 17.2. The molecule has 0 amide bonds. The molecule has 8 nitrogen and oxygen atoms in total. The summed E-state index contributed by atoms with van der Waals surface area (Å²) in [4.78, 5) is 13.6. The van der Waals surface area contributed by atoms with E-state index in [0.717, 1.165) is 12.1 Å². The normalized spacial score (nSPS) is 12.9. The molecule has 3 aromatic rings. The fourth-order valence-corrected chi connectivity index (χ4v) is 2.83. The van der Waals surface area contributed by atoms with Crippen molar-refractivity contribution < 1.29 is 5.11 Å². The summed E-state index contributed by atoms with van der Waals surface area (Å²) >= 11 is 6.08. The number of fused-ring (bicyclic) bond motifs is 1. The lowest BCUT2D eigenvalue weighted by molar-refractivity contribution is 0.0646. The van der Waals surface area contributed by atoms with Crippen molar-refractivity contribution in [1.29, 1.82) is 0 Å². The fourth-order valence-electron chi connectivity index (χ4n) is 2.64. The molecule has 0 aliphatic heterocycles. The standard InChI is InChI=1S/C19H26ClN7O/c1-5-27-10-23-15-16(22-9-12-8-13(20)6-7-14(12)21)25-18(26-17(15)27)24-11(2)19(3,4)28/h6-8,10-11,28H,5,9,21H2,1-4H3,(H2,22,24,25,26). The van der Waals surface area contributed by atoms with Crippen LogP contribution in [0.25, 0.3) is 11.2 Å². The second-order valence-corrected chi connectivity index (χ2v) is 7.75. The topological polar surface area (TPSA) is 114 Å². The molecule has 1 unspecified atom stereocenters. The average molecular weight is 404 g/mol. The third kappa shape index (κ3) is 4.28. The van der Waals surface area contributed by atoms with Gasteiger partial charge in [-0.15, -0.1) is 0 Å². The van der Waals surface area contributed by atoms with Gasteiger partial charge in [0, 0.05) is 23.8 Å². The molecule has 2 aromatic heterocycles. The van der Waals surface area contributed by atoms with Crippen LogP contribution in [0.3, 0.4) is 0 Å². The Hall–Kier alpha value is -2.58. The Kier molecular flexibility index (Phi) is 5.62. The molecule has 3 rings (SSSR count). The third-order valence-corrected chi connectivity index (χ3v) is 5.00. The quantitative estimate of drug-likeness (QED) is 0.447. The Labute approximate surface area is 169 Å². The zero-order chi connectivity index (χ0) is 20.5. The Balaban J connectivity index is 1.95. The maximum Gasteiger partial charge on any atom is 0.227 e. The van der Waals surface area contributed by atoms with Crippen molar-refractivity contribution in [1.82, 2.24) is 19.5 Å². The summed E-state index contributed by atoms with van der Waals surface area (Å²) in [7, 11) is 0. The van der Waals surface area contributed by atoms with Crippen LogP contribution in [-0.4, -0.2) is 36.3 Å². The molecule has 0 bridgehead atoms. The Morgan fingerprint density at radius 3 is 2.75 bits per heavy atom. The van der Waals surface area contributed by atoms with Crippen LogP contribution in [0.4, 0.5) is 17.5 Å². The highest BCUT2D eigenvalue weighted by Gasteiger charge is 2.24. The molecule has 0 radical (unpaired) electrons. The number of aryl methyl sites for hydroxylation is 1. The lowest BCUT2D eigenvalue weighted by Gasteiger charge is -2.26. The number of aliphatic hydroxyl groups is 1. The van der Waals surface area contributed by atoms with Gasteiger partial charge in [-0.05, 0) is 51.5 Å². The first-order chi connectivity index (χ1) is 13.2. The van der Waals surface area contributed by atoms with Gasteiger partial charge in [0.2, 0.25) is 5.95 Å². The van der Waals surface area contributed by atoms with E-state index in [2.05, 4.69) is 25.6 Å². The van der Waals surface area contributed by atoms with Crippen LogP contribution in [0.15, 0.2) is 24.5 Å². The van der Waals surface area contributed by atoms with Crippen molar-refractivity contribution in [2.45, 2.75) is 52.4 Å². The van der Waals surface area contributed by atoms with Crippen molar-refractivity contribution >= 4 is 40.2 Å². The molecule has 0 saturated carbocycles. The lowest BCUT2D eigenvalue weighted by atomic mass is 10.0. The summed E-state index contributed by atoms with van der Waals surface area (Å²) in [6.45, 7) is 8.55. The number of anilines is 3. The summed E-state index contributed by atoms with van der Waals surface area (Å²) in [6.07, 6.45) is 1.74. The van der Waals surface area contributed by atoms with Gasteiger partial charge in [0.1, 0.15) is 0 Å². The van der Waals surface area contributed by atoms with Gasteiger partial charge in [-0.25, -0.2) is 4.98 Å². The number of nitrogen functional groups attached to an aromatic ring is 1. The third-order valence-electron chi connectivity index (χ3n) is 4.76. The average Bonchev–Trinajstić information content (AvgIpc) is 3.04. The number of halogens is 1. The fraction of sp³-hybridized carbons (Fsp3) is 0.421. The number of nitrogens with one attached hydrogen (secondary N) is 2. The molecule has 1 aromatic carbocycles. The lowest BCUT2D eigenvalue weighted by Crippen LogP contribution is -2.39. The number of nitrogens with zero attached hydrogens (tertiary/aromatic N) is 4. The van der Waals surface area contributed by atoms with E-state index in [4.69, 9.17) is 17.3 Å². The molecular weight excluding hydrogens is 378 g/mol. The van der Waals surface area contributed by atoms with E-state index in [1.807, 2.05) is 24.5 Å². The molecule has 0 aliphatic carbocycles. The largest absolute Gasteiger partial charge is 0.398 e. The first-order valence-corrected chi connectivity index (χ1v) is 9.56. The Morgan fingerprint density at radius 2 is 2.07 bits per heavy atom. The van der Waals surface area contributed by atoms with Gasteiger partial charge in [-0.1, -0.05) is 11.6 Å². The molecule has 150 valence electrons. The maximum absolute atomic E-state index is 10.2. The van der Waals surface area contributed by atoms with Crippen LogP contribution >= 0.6 is 11.6 Å². The number of benzene rings is 1. The second-order valence-electron chi connectivity index (χ2n) is 7.31. The van der Waals surface area contributed by atoms with E-state index < -0.39 is 5.60 Å². The molecule has 5 N–H and O–H groups in total. The minimum atomic E-state index is -0.924. The van der Waals surface area contributed by atoms with Crippen molar-refractivity contribution in [3.63, 3.8) is 0 Å². The molecule has 2 heterocycles. The number of aromatic nitrogens is 4. The summed E-state index contributed by atoms with van der Waals surface area (Å²) < 4.78 is 1.94. The van der Waals surface area contributed by atoms with Gasteiger partial charge in [-0.3, -0.25) is 0 Å². The van der Waals surface area contributed by atoms with Crippen LogP contribution in [-0.2, 0) is 13.1 Å². The van der Waals surface area contributed by atoms with Crippen LogP contribution in [0.1, 0.15) is 33.3 Å². The predicted molar refractivity (Wildman–Crippen MR) is 114 cm³/mol. The maximum atomic E-state index is 10.2. The van der Waals surface area contributed by atoms with Crippen LogP contribution in [0.2, 0.25) is 5.02 Å².